The lowest BCUT2D eigenvalue weighted by Crippen LogP contribution is -2.50. The van der Waals surface area contributed by atoms with Crippen LogP contribution in [0, 0.1) is 0 Å². The summed E-state index contributed by atoms with van der Waals surface area (Å²) in [6.07, 6.45) is 2.83. The lowest BCUT2D eigenvalue weighted by molar-refractivity contribution is 0.0791. The Morgan fingerprint density at radius 3 is 2.43 bits per heavy atom. The summed E-state index contributed by atoms with van der Waals surface area (Å²) in [5.74, 6) is -0.0162. The van der Waals surface area contributed by atoms with Gasteiger partial charge in [0.05, 0.1) is 18.4 Å². The number of aliphatic hydroxyl groups excluding tert-OH is 1. The summed E-state index contributed by atoms with van der Waals surface area (Å²) in [4.78, 5) is 12.5. The number of carbonyl (C=O) groups is 1. The van der Waals surface area contributed by atoms with Crippen molar-refractivity contribution >= 4 is 5.91 Å². The Morgan fingerprint density at radius 2 is 1.86 bits per heavy atom. The van der Waals surface area contributed by atoms with Crippen LogP contribution in [0.25, 0.3) is 11.1 Å². The van der Waals surface area contributed by atoms with Gasteiger partial charge in [0, 0.05) is 5.56 Å². The van der Waals surface area contributed by atoms with Crippen LogP contribution in [0.3, 0.4) is 0 Å². The van der Waals surface area contributed by atoms with Crippen LogP contribution in [-0.2, 0) is 0 Å². The molecule has 1 aromatic carbocycles. The Morgan fingerprint density at radius 1 is 1.19 bits per heavy atom. The van der Waals surface area contributed by atoms with Gasteiger partial charge in [-0.05, 0) is 24.5 Å². The molecule has 2 rings (SSSR count). The molecule has 0 fully saturated rings. The maximum Gasteiger partial charge on any atom is 0.288 e. The summed E-state index contributed by atoms with van der Waals surface area (Å²) < 4.78 is 5.37. The van der Waals surface area contributed by atoms with Gasteiger partial charge in [-0.1, -0.05) is 44.2 Å². The molecule has 112 valence electrons. The van der Waals surface area contributed by atoms with E-state index < -0.39 is 5.54 Å². The molecule has 21 heavy (non-hydrogen) atoms. The first-order valence-electron chi connectivity index (χ1n) is 7.22. The van der Waals surface area contributed by atoms with E-state index in [1.165, 1.54) is 6.26 Å². The average Bonchev–Trinajstić information content (AvgIpc) is 3.03. The molecule has 0 aliphatic rings. The van der Waals surface area contributed by atoms with Crippen LogP contribution in [0.1, 0.15) is 37.2 Å². The number of benzene rings is 1. The molecule has 0 aliphatic carbocycles. The van der Waals surface area contributed by atoms with Crippen LogP contribution < -0.4 is 5.32 Å². The van der Waals surface area contributed by atoms with Gasteiger partial charge in [-0.2, -0.15) is 0 Å². The molecule has 4 heteroatoms. The molecule has 0 aliphatic heterocycles. The number of furan rings is 1. The van der Waals surface area contributed by atoms with E-state index in [9.17, 15) is 9.90 Å². The van der Waals surface area contributed by atoms with Crippen LogP contribution in [0.2, 0.25) is 0 Å². The van der Waals surface area contributed by atoms with E-state index in [-0.39, 0.29) is 18.3 Å². The molecule has 1 aromatic heterocycles. The molecule has 2 N–H and O–H groups in total. The first kappa shape index (κ1) is 15.3. The van der Waals surface area contributed by atoms with Gasteiger partial charge in [0.1, 0.15) is 0 Å². The highest BCUT2D eigenvalue weighted by Gasteiger charge is 2.29. The molecule has 0 unspecified atom stereocenters. The number of amides is 1. The minimum Gasteiger partial charge on any atom is -0.459 e. The van der Waals surface area contributed by atoms with Gasteiger partial charge < -0.3 is 14.8 Å². The van der Waals surface area contributed by atoms with Crippen molar-refractivity contribution in [1.29, 1.82) is 0 Å². The lowest BCUT2D eigenvalue weighted by Gasteiger charge is -2.30. The molecule has 0 radical (unpaired) electrons. The van der Waals surface area contributed by atoms with E-state index in [2.05, 4.69) is 5.32 Å². The Balaban J connectivity index is 2.28. The Kier molecular flexibility index (Phi) is 4.81. The summed E-state index contributed by atoms with van der Waals surface area (Å²) in [6.45, 7) is 3.80. The predicted octanol–water partition coefficient (Wildman–Crippen LogP) is 3.23. The van der Waals surface area contributed by atoms with E-state index >= 15 is 0 Å². The van der Waals surface area contributed by atoms with Crippen molar-refractivity contribution in [3.63, 3.8) is 0 Å². The molecule has 2 aromatic rings. The van der Waals surface area contributed by atoms with Gasteiger partial charge in [-0.3, -0.25) is 4.79 Å². The van der Waals surface area contributed by atoms with E-state index in [1.54, 1.807) is 6.07 Å². The third kappa shape index (κ3) is 3.16. The van der Waals surface area contributed by atoms with Crippen molar-refractivity contribution in [3.8, 4) is 11.1 Å². The first-order valence-corrected chi connectivity index (χ1v) is 7.22. The highest BCUT2D eigenvalue weighted by Crippen LogP contribution is 2.25. The molecule has 0 atom stereocenters. The fourth-order valence-electron chi connectivity index (χ4n) is 2.32. The lowest BCUT2D eigenvalue weighted by atomic mass is 9.93. The second kappa shape index (κ2) is 6.59. The number of hydrogen-bond donors (Lipinski definition) is 2. The maximum absolute atomic E-state index is 12.5. The van der Waals surface area contributed by atoms with Crippen molar-refractivity contribution in [2.24, 2.45) is 0 Å². The van der Waals surface area contributed by atoms with Gasteiger partial charge in [-0.15, -0.1) is 0 Å². The largest absolute Gasteiger partial charge is 0.459 e. The maximum atomic E-state index is 12.5. The number of carbonyl (C=O) groups excluding carboxylic acids is 1. The molecule has 0 spiro atoms. The van der Waals surface area contributed by atoms with Gasteiger partial charge in [0.25, 0.3) is 5.91 Å². The molecule has 1 heterocycles. The molecule has 0 saturated heterocycles. The van der Waals surface area contributed by atoms with Crippen molar-refractivity contribution in [2.75, 3.05) is 6.61 Å². The number of aliphatic hydroxyl groups is 1. The highest BCUT2D eigenvalue weighted by atomic mass is 16.3. The zero-order valence-corrected chi connectivity index (χ0v) is 12.4. The number of hydrogen-bond acceptors (Lipinski definition) is 3. The summed E-state index contributed by atoms with van der Waals surface area (Å²) in [5, 5.41) is 12.5. The third-order valence-electron chi connectivity index (χ3n) is 3.99. The Labute approximate surface area is 124 Å². The Hall–Kier alpha value is -2.07. The van der Waals surface area contributed by atoms with Gasteiger partial charge in [-0.25, -0.2) is 0 Å². The first-order chi connectivity index (χ1) is 10.2. The minimum absolute atomic E-state index is 0.0902. The van der Waals surface area contributed by atoms with Gasteiger partial charge >= 0.3 is 0 Å². The van der Waals surface area contributed by atoms with Crippen LogP contribution in [-0.4, -0.2) is 23.2 Å². The predicted molar refractivity (Wildman–Crippen MR) is 82.0 cm³/mol. The SMILES string of the molecule is CCC(CC)(CO)NC(=O)c1occc1-c1ccccc1. The van der Waals surface area contributed by atoms with Crippen LogP contribution in [0.5, 0.6) is 0 Å². The summed E-state index contributed by atoms with van der Waals surface area (Å²) in [5.41, 5.74) is 1.09. The van der Waals surface area contributed by atoms with Crippen molar-refractivity contribution < 1.29 is 14.3 Å². The van der Waals surface area contributed by atoms with Gasteiger partial charge in [0.15, 0.2) is 5.76 Å². The van der Waals surface area contributed by atoms with E-state index in [0.29, 0.717) is 12.8 Å². The topological polar surface area (TPSA) is 62.5 Å². The monoisotopic (exact) mass is 287 g/mol. The highest BCUT2D eigenvalue weighted by molar-refractivity contribution is 5.98. The molecular weight excluding hydrogens is 266 g/mol. The zero-order chi connectivity index (χ0) is 15.3. The molecule has 0 saturated carbocycles. The molecule has 4 nitrogen and oxygen atoms in total. The van der Waals surface area contributed by atoms with Gasteiger partial charge in [0.2, 0.25) is 0 Å². The minimum atomic E-state index is -0.599. The second-order valence-corrected chi connectivity index (χ2v) is 5.13. The van der Waals surface area contributed by atoms with Crippen LogP contribution >= 0.6 is 0 Å². The second-order valence-electron chi connectivity index (χ2n) is 5.13. The fourth-order valence-corrected chi connectivity index (χ4v) is 2.32. The number of rotatable bonds is 6. The Bertz CT molecular complexity index is 577. The smallest absolute Gasteiger partial charge is 0.288 e. The molecule has 1 amide bonds. The summed E-state index contributed by atoms with van der Waals surface area (Å²) in [6, 6.07) is 11.4. The van der Waals surface area contributed by atoms with Crippen molar-refractivity contribution in [1.82, 2.24) is 5.32 Å². The van der Waals surface area contributed by atoms with Crippen molar-refractivity contribution in [2.45, 2.75) is 32.2 Å². The van der Waals surface area contributed by atoms with E-state index in [4.69, 9.17) is 4.42 Å². The standard InChI is InChI=1S/C17H21NO3/c1-3-17(4-2,12-19)18-16(20)15-14(10-11-21-15)13-8-6-5-7-9-13/h5-11,19H,3-4,12H2,1-2H3,(H,18,20). The normalized spacial score (nSPS) is 11.4. The average molecular weight is 287 g/mol. The van der Waals surface area contributed by atoms with E-state index in [0.717, 1.165) is 11.1 Å². The molecule has 0 bridgehead atoms. The van der Waals surface area contributed by atoms with E-state index in [1.807, 2.05) is 44.2 Å². The fraction of sp³-hybridized carbons (Fsp3) is 0.353. The van der Waals surface area contributed by atoms with Crippen LogP contribution in [0.15, 0.2) is 47.1 Å². The van der Waals surface area contributed by atoms with Crippen molar-refractivity contribution in [3.05, 3.63) is 48.4 Å². The summed E-state index contributed by atoms with van der Waals surface area (Å²) >= 11 is 0. The van der Waals surface area contributed by atoms with Crippen LogP contribution in [0.4, 0.5) is 0 Å². The number of nitrogens with one attached hydrogen (secondary N) is 1. The zero-order valence-electron chi connectivity index (χ0n) is 12.4. The quantitative estimate of drug-likeness (QED) is 0.857. The summed E-state index contributed by atoms with van der Waals surface area (Å²) in [7, 11) is 0. The third-order valence-corrected chi connectivity index (χ3v) is 3.99. The molecular formula is C17H21NO3.